The molecule has 0 bridgehead atoms. The van der Waals surface area contributed by atoms with Crippen LogP contribution in [-0.2, 0) is 5.41 Å². The molecule has 4 heteroatoms. The topological polar surface area (TPSA) is 70.2 Å². The number of aromatic nitrogens is 1. The second-order valence-electron chi connectivity index (χ2n) is 5.33. The maximum atomic E-state index is 11.6. The lowest BCUT2D eigenvalue weighted by Crippen LogP contribution is -2.23. The van der Waals surface area contributed by atoms with Gasteiger partial charge in [-0.05, 0) is 17.0 Å². The van der Waals surface area contributed by atoms with E-state index >= 15 is 0 Å². The molecule has 18 heavy (non-hydrogen) atoms. The van der Waals surface area contributed by atoms with Crippen LogP contribution in [0.3, 0.4) is 0 Å². The van der Waals surface area contributed by atoms with Crippen LogP contribution in [0, 0.1) is 0 Å². The number of fused-ring (bicyclic) bond motifs is 1. The molecule has 0 aliphatic heterocycles. The number of rotatable bonds is 0. The maximum absolute atomic E-state index is 11.6. The number of benzene rings is 1. The number of hydrogen-bond acceptors (Lipinski definition) is 3. The minimum atomic E-state index is -0.747. The van der Waals surface area contributed by atoms with Crippen molar-refractivity contribution in [1.82, 2.24) is 4.98 Å². The van der Waals surface area contributed by atoms with Gasteiger partial charge >= 0.3 is 0 Å². The lowest BCUT2D eigenvalue weighted by Gasteiger charge is -2.20. The van der Waals surface area contributed by atoms with Crippen molar-refractivity contribution in [3.05, 3.63) is 50.4 Å². The lowest BCUT2D eigenvalue weighted by molar-refractivity contribution is 0.481. The Balaban J connectivity index is 3.09. The third kappa shape index (κ3) is 2.01. The summed E-state index contributed by atoms with van der Waals surface area (Å²) in [4.78, 5) is 25.6. The van der Waals surface area contributed by atoms with Crippen LogP contribution in [-0.4, -0.2) is 10.1 Å². The number of aromatic hydroxyl groups is 1. The van der Waals surface area contributed by atoms with Gasteiger partial charge in [-0.1, -0.05) is 32.9 Å². The average molecular weight is 245 g/mol. The van der Waals surface area contributed by atoms with Crippen LogP contribution in [0.5, 0.6) is 5.75 Å². The Bertz CT molecular complexity index is 724. The quantitative estimate of drug-likeness (QED) is 0.696. The third-order valence-corrected chi connectivity index (χ3v) is 2.88. The van der Waals surface area contributed by atoms with Crippen LogP contribution in [0.25, 0.3) is 10.9 Å². The molecular weight excluding hydrogens is 230 g/mol. The largest absolute Gasteiger partial charge is 0.507 e. The SMILES string of the molecule is CC(C)(C)c1cccc2c(O)cc(=O)c(=O)[nH]c12. The van der Waals surface area contributed by atoms with Crippen LogP contribution < -0.4 is 11.0 Å². The van der Waals surface area contributed by atoms with Crippen molar-refractivity contribution in [2.45, 2.75) is 26.2 Å². The van der Waals surface area contributed by atoms with E-state index in [9.17, 15) is 14.7 Å². The van der Waals surface area contributed by atoms with Crippen molar-refractivity contribution >= 4 is 10.9 Å². The number of aromatic amines is 1. The molecule has 2 rings (SSSR count). The molecule has 1 aromatic heterocycles. The Hall–Kier alpha value is -2.10. The van der Waals surface area contributed by atoms with Gasteiger partial charge in [0.25, 0.3) is 5.56 Å². The van der Waals surface area contributed by atoms with Gasteiger partial charge in [0.15, 0.2) is 0 Å². The molecule has 0 spiro atoms. The molecule has 94 valence electrons. The molecule has 0 saturated heterocycles. The molecule has 2 N–H and O–H groups in total. The van der Waals surface area contributed by atoms with Crippen molar-refractivity contribution in [2.75, 3.05) is 0 Å². The van der Waals surface area contributed by atoms with Gasteiger partial charge in [-0.25, -0.2) is 0 Å². The first-order valence-electron chi connectivity index (χ1n) is 5.70. The molecular formula is C14H15NO3. The Labute approximate surface area is 104 Å². The Morgan fingerprint density at radius 2 is 1.83 bits per heavy atom. The smallest absolute Gasteiger partial charge is 0.296 e. The molecule has 2 aromatic rings. The van der Waals surface area contributed by atoms with E-state index < -0.39 is 11.0 Å². The highest BCUT2D eigenvalue weighted by molar-refractivity contribution is 5.87. The van der Waals surface area contributed by atoms with Crippen molar-refractivity contribution in [3.63, 3.8) is 0 Å². The zero-order valence-electron chi connectivity index (χ0n) is 10.6. The summed E-state index contributed by atoms with van der Waals surface area (Å²) in [6.07, 6.45) is 0. The summed E-state index contributed by atoms with van der Waals surface area (Å²) in [5, 5.41) is 10.3. The molecule has 0 amide bonds. The predicted molar refractivity (Wildman–Crippen MR) is 71.2 cm³/mol. The molecule has 4 nitrogen and oxygen atoms in total. The molecule has 0 saturated carbocycles. The number of H-pyrrole nitrogens is 1. The van der Waals surface area contributed by atoms with Crippen LogP contribution in [0.1, 0.15) is 26.3 Å². The van der Waals surface area contributed by atoms with E-state index in [1.165, 1.54) is 0 Å². The number of para-hydroxylation sites is 1. The zero-order valence-corrected chi connectivity index (χ0v) is 10.6. The van der Waals surface area contributed by atoms with Gasteiger partial charge in [0.2, 0.25) is 5.43 Å². The summed E-state index contributed by atoms with van der Waals surface area (Å²) < 4.78 is 0. The van der Waals surface area contributed by atoms with Gasteiger partial charge in [-0.2, -0.15) is 0 Å². The second-order valence-corrected chi connectivity index (χ2v) is 5.33. The molecule has 1 heterocycles. The molecule has 0 aliphatic rings. The van der Waals surface area contributed by atoms with E-state index in [4.69, 9.17) is 0 Å². The van der Waals surface area contributed by atoms with E-state index in [2.05, 4.69) is 4.98 Å². The first-order valence-corrected chi connectivity index (χ1v) is 5.70. The number of hydrogen-bond donors (Lipinski definition) is 2. The fraction of sp³-hybridized carbons (Fsp3) is 0.286. The van der Waals surface area contributed by atoms with Crippen LogP contribution in [0.15, 0.2) is 33.9 Å². The van der Waals surface area contributed by atoms with Gasteiger partial charge in [0, 0.05) is 11.5 Å². The van der Waals surface area contributed by atoms with E-state index in [1.807, 2.05) is 26.8 Å². The predicted octanol–water partition coefficient (Wildman–Crippen LogP) is 1.89. The normalized spacial score (nSPS) is 11.7. The highest BCUT2D eigenvalue weighted by Crippen LogP contribution is 2.30. The van der Waals surface area contributed by atoms with Crippen molar-refractivity contribution in [3.8, 4) is 5.75 Å². The fourth-order valence-corrected chi connectivity index (χ4v) is 1.97. The maximum Gasteiger partial charge on any atom is 0.296 e. The first-order chi connectivity index (χ1) is 8.30. The third-order valence-electron chi connectivity index (χ3n) is 2.88. The molecule has 0 atom stereocenters. The Kier molecular flexibility index (Phi) is 2.73. The van der Waals surface area contributed by atoms with Gasteiger partial charge < -0.3 is 10.1 Å². The standard InChI is InChI=1S/C14H15NO3/c1-14(2,3)9-6-4-5-8-10(16)7-11(17)13(18)15-12(8)9/h4-7,16H,1-3H3,(H,15,17,18). The fourth-order valence-electron chi connectivity index (χ4n) is 1.97. The minimum Gasteiger partial charge on any atom is -0.507 e. The number of nitrogens with one attached hydrogen (secondary N) is 1. The second kappa shape index (κ2) is 3.98. The lowest BCUT2D eigenvalue weighted by atomic mass is 9.85. The monoisotopic (exact) mass is 245 g/mol. The molecule has 0 fully saturated rings. The van der Waals surface area contributed by atoms with E-state index in [0.29, 0.717) is 10.9 Å². The summed E-state index contributed by atoms with van der Waals surface area (Å²) in [5.74, 6) is -0.181. The zero-order chi connectivity index (χ0) is 13.5. The molecule has 1 aromatic carbocycles. The van der Waals surface area contributed by atoms with E-state index in [0.717, 1.165) is 11.6 Å². The van der Waals surface area contributed by atoms with Crippen molar-refractivity contribution < 1.29 is 5.11 Å². The molecule has 0 aliphatic carbocycles. The van der Waals surface area contributed by atoms with E-state index in [1.54, 1.807) is 12.1 Å². The van der Waals surface area contributed by atoms with Crippen LogP contribution >= 0.6 is 0 Å². The summed E-state index contributed by atoms with van der Waals surface area (Å²) in [6, 6.07) is 6.30. The molecule has 0 radical (unpaired) electrons. The van der Waals surface area contributed by atoms with Gasteiger partial charge in [-0.3, -0.25) is 9.59 Å². The van der Waals surface area contributed by atoms with Crippen molar-refractivity contribution in [1.29, 1.82) is 0 Å². The van der Waals surface area contributed by atoms with E-state index in [-0.39, 0.29) is 11.2 Å². The van der Waals surface area contributed by atoms with Crippen LogP contribution in [0.2, 0.25) is 0 Å². The summed E-state index contributed by atoms with van der Waals surface area (Å²) in [6.45, 7) is 6.01. The minimum absolute atomic E-state index is 0.181. The van der Waals surface area contributed by atoms with Gasteiger partial charge in [-0.15, -0.1) is 0 Å². The highest BCUT2D eigenvalue weighted by atomic mass is 16.3. The van der Waals surface area contributed by atoms with Crippen molar-refractivity contribution in [2.24, 2.45) is 0 Å². The van der Waals surface area contributed by atoms with Gasteiger partial charge in [0.05, 0.1) is 5.52 Å². The average Bonchev–Trinajstić information content (AvgIpc) is 2.36. The summed E-state index contributed by atoms with van der Waals surface area (Å²) >= 11 is 0. The summed E-state index contributed by atoms with van der Waals surface area (Å²) in [7, 11) is 0. The Morgan fingerprint density at radius 1 is 1.17 bits per heavy atom. The van der Waals surface area contributed by atoms with Gasteiger partial charge in [0.1, 0.15) is 5.75 Å². The molecule has 0 unspecified atom stereocenters. The highest BCUT2D eigenvalue weighted by Gasteiger charge is 2.18. The Morgan fingerprint density at radius 3 is 2.44 bits per heavy atom. The van der Waals surface area contributed by atoms with Crippen LogP contribution in [0.4, 0.5) is 0 Å². The first kappa shape index (κ1) is 12.4. The summed E-state index contributed by atoms with van der Waals surface area (Å²) in [5.41, 5.74) is -0.287.